The van der Waals surface area contributed by atoms with E-state index in [-0.39, 0.29) is 16.8 Å². The Morgan fingerprint density at radius 1 is 1.25 bits per heavy atom. The molecule has 0 heterocycles. The van der Waals surface area contributed by atoms with Gasteiger partial charge in [-0.1, -0.05) is 34.1 Å². The summed E-state index contributed by atoms with van der Waals surface area (Å²) in [6, 6.07) is 14.2. The van der Waals surface area contributed by atoms with E-state index >= 15 is 0 Å². The van der Waals surface area contributed by atoms with Crippen LogP contribution in [0, 0.1) is 5.82 Å². The van der Waals surface area contributed by atoms with Gasteiger partial charge in [0.1, 0.15) is 5.82 Å². The third kappa shape index (κ3) is 4.08. The van der Waals surface area contributed by atoms with Crippen molar-refractivity contribution in [3.8, 4) is 0 Å². The number of carbonyl (C=O) groups excluding carboxylic acids is 1. The van der Waals surface area contributed by atoms with E-state index in [0.29, 0.717) is 4.47 Å². The molecule has 0 aromatic heterocycles. The molecule has 1 amide bonds. The van der Waals surface area contributed by atoms with Gasteiger partial charge >= 0.3 is 0 Å². The zero-order chi connectivity index (χ0) is 14.5. The second-order valence-corrected chi connectivity index (χ2v) is 6.52. The number of benzene rings is 2. The molecule has 0 saturated carbocycles. The molecule has 0 fully saturated rings. The summed E-state index contributed by atoms with van der Waals surface area (Å²) in [5, 5.41) is 2.30. The molecule has 20 heavy (non-hydrogen) atoms. The highest BCUT2D eigenvalue weighted by Gasteiger charge is 2.16. The van der Waals surface area contributed by atoms with Gasteiger partial charge in [0.15, 0.2) is 0 Å². The van der Waals surface area contributed by atoms with Crippen LogP contribution in [0.1, 0.15) is 6.92 Å². The lowest BCUT2D eigenvalue weighted by atomic mass is 10.3. The Labute approximate surface area is 129 Å². The molecule has 2 aromatic carbocycles. The van der Waals surface area contributed by atoms with Crippen LogP contribution in [0.25, 0.3) is 0 Å². The molecule has 0 aliphatic rings. The van der Waals surface area contributed by atoms with Crippen molar-refractivity contribution in [1.29, 1.82) is 0 Å². The summed E-state index contributed by atoms with van der Waals surface area (Å²) in [5.41, 5.74) is 0.193. The van der Waals surface area contributed by atoms with E-state index in [4.69, 9.17) is 0 Å². The Balaban J connectivity index is 2.01. The average Bonchev–Trinajstić information content (AvgIpc) is 2.43. The maximum absolute atomic E-state index is 13.6. The highest BCUT2D eigenvalue weighted by atomic mass is 79.9. The predicted molar refractivity (Wildman–Crippen MR) is 84.5 cm³/mol. The average molecular weight is 354 g/mol. The van der Waals surface area contributed by atoms with Crippen molar-refractivity contribution in [3.63, 3.8) is 0 Å². The molecule has 0 unspecified atom stereocenters. The van der Waals surface area contributed by atoms with Crippen molar-refractivity contribution in [1.82, 2.24) is 0 Å². The van der Waals surface area contributed by atoms with Crippen LogP contribution in [0.5, 0.6) is 0 Å². The number of carbonyl (C=O) groups is 1. The lowest BCUT2D eigenvalue weighted by Gasteiger charge is -2.12. The van der Waals surface area contributed by atoms with Crippen LogP contribution < -0.4 is 5.32 Å². The molecule has 2 nitrogen and oxygen atoms in total. The maximum Gasteiger partial charge on any atom is 0.237 e. The monoisotopic (exact) mass is 353 g/mol. The SMILES string of the molecule is C[C@@H](Sc1ccccc1)C(=O)Nc1ccc(Br)cc1F. The molecule has 0 aliphatic heterocycles. The first-order chi connectivity index (χ1) is 9.56. The number of anilines is 1. The van der Waals surface area contributed by atoms with Gasteiger partial charge in [0.05, 0.1) is 10.9 Å². The highest BCUT2D eigenvalue weighted by molar-refractivity contribution is 9.10. The number of hydrogen-bond donors (Lipinski definition) is 1. The molecular weight excluding hydrogens is 341 g/mol. The van der Waals surface area contributed by atoms with Gasteiger partial charge in [0, 0.05) is 9.37 Å². The van der Waals surface area contributed by atoms with Crippen molar-refractivity contribution < 1.29 is 9.18 Å². The largest absolute Gasteiger partial charge is 0.323 e. The maximum atomic E-state index is 13.6. The lowest BCUT2D eigenvalue weighted by Crippen LogP contribution is -2.22. The van der Waals surface area contributed by atoms with Gasteiger partial charge in [-0.3, -0.25) is 4.79 Å². The van der Waals surface area contributed by atoms with Crippen molar-refractivity contribution in [2.24, 2.45) is 0 Å². The van der Waals surface area contributed by atoms with Crippen LogP contribution in [-0.4, -0.2) is 11.2 Å². The summed E-state index contributed by atoms with van der Waals surface area (Å²) >= 11 is 4.62. The molecule has 0 saturated heterocycles. The van der Waals surface area contributed by atoms with Gasteiger partial charge in [-0.2, -0.15) is 0 Å². The summed E-state index contributed by atoms with van der Waals surface area (Å²) in [6.07, 6.45) is 0. The fraction of sp³-hybridized carbons (Fsp3) is 0.133. The van der Waals surface area contributed by atoms with Gasteiger partial charge in [0.25, 0.3) is 0 Å². The molecule has 1 N–H and O–H groups in total. The lowest BCUT2D eigenvalue weighted by molar-refractivity contribution is -0.115. The van der Waals surface area contributed by atoms with Crippen molar-refractivity contribution in [2.45, 2.75) is 17.1 Å². The number of halogens is 2. The fourth-order valence-electron chi connectivity index (χ4n) is 1.58. The third-order valence-electron chi connectivity index (χ3n) is 2.61. The summed E-state index contributed by atoms with van der Waals surface area (Å²) in [6.45, 7) is 1.80. The zero-order valence-electron chi connectivity index (χ0n) is 10.8. The number of thioether (sulfide) groups is 1. The molecule has 2 rings (SSSR count). The molecule has 0 spiro atoms. The summed E-state index contributed by atoms with van der Waals surface area (Å²) in [4.78, 5) is 13.0. The number of nitrogens with one attached hydrogen (secondary N) is 1. The van der Waals surface area contributed by atoms with Gasteiger partial charge in [-0.25, -0.2) is 4.39 Å². The van der Waals surface area contributed by atoms with Crippen LogP contribution in [0.3, 0.4) is 0 Å². The van der Waals surface area contributed by atoms with Gasteiger partial charge in [-0.15, -0.1) is 11.8 Å². The van der Waals surface area contributed by atoms with Gasteiger partial charge in [-0.05, 0) is 37.3 Å². The van der Waals surface area contributed by atoms with Gasteiger partial charge in [0.2, 0.25) is 5.91 Å². The van der Waals surface area contributed by atoms with E-state index in [0.717, 1.165) is 4.90 Å². The second kappa shape index (κ2) is 6.90. The second-order valence-electron chi connectivity index (χ2n) is 4.19. The van der Waals surface area contributed by atoms with Crippen LogP contribution in [0.2, 0.25) is 0 Å². The number of hydrogen-bond acceptors (Lipinski definition) is 2. The smallest absolute Gasteiger partial charge is 0.237 e. The molecule has 2 aromatic rings. The first-order valence-corrected chi connectivity index (χ1v) is 7.71. The Hall–Kier alpha value is -1.33. The molecular formula is C15H13BrFNOS. The first-order valence-electron chi connectivity index (χ1n) is 6.04. The van der Waals surface area contributed by atoms with E-state index < -0.39 is 5.82 Å². The normalized spacial score (nSPS) is 11.9. The Bertz CT molecular complexity index is 606. The zero-order valence-corrected chi connectivity index (χ0v) is 13.2. The molecule has 5 heteroatoms. The molecule has 104 valence electrons. The molecule has 0 bridgehead atoms. The van der Waals surface area contributed by atoms with Crippen molar-refractivity contribution in [3.05, 3.63) is 58.8 Å². The van der Waals surface area contributed by atoms with Crippen molar-refractivity contribution in [2.75, 3.05) is 5.32 Å². The highest BCUT2D eigenvalue weighted by Crippen LogP contribution is 2.25. The van der Waals surface area contributed by atoms with E-state index in [2.05, 4.69) is 21.2 Å². The molecule has 0 aliphatic carbocycles. The Morgan fingerprint density at radius 2 is 1.95 bits per heavy atom. The standard InChI is InChI=1S/C15H13BrFNOS/c1-10(20-12-5-3-2-4-6-12)15(19)18-14-8-7-11(16)9-13(14)17/h2-10H,1H3,(H,18,19)/t10-/m1/s1. The first kappa shape index (κ1) is 15.1. The minimum Gasteiger partial charge on any atom is -0.323 e. The van der Waals surface area contributed by atoms with Crippen LogP contribution in [0.15, 0.2) is 57.9 Å². The summed E-state index contributed by atoms with van der Waals surface area (Å²) < 4.78 is 14.3. The minimum atomic E-state index is -0.454. The number of amides is 1. The molecule has 0 radical (unpaired) electrons. The number of rotatable bonds is 4. The van der Waals surface area contributed by atoms with Crippen LogP contribution in [0.4, 0.5) is 10.1 Å². The van der Waals surface area contributed by atoms with Crippen molar-refractivity contribution >= 4 is 39.3 Å². The van der Waals surface area contributed by atoms with Gasteiger partial charge < -0.3 is 5.32 Å². The summed E-state index contributed by atoms with van der Waals surface area (Å²) in [7, 11) is 0. The quantitative estimate of drug-likeness (QED) is 0.806. The van der Waals surface area contributed by atoms with E-state index in [1.165, 1.54) is 23.9 Å². The molecule has 1 atom stereocenters. The Morgan fingerprint density at radius 3 is 2.60 bits per heavy atom. The summed E-state index contributed by atoms with van der Waals surface area (Å²) in [5.74, 6) is -0.676. The topological polar surface area (TPSA) is 29.1 Å². The minimum absolute atomic E-state index is 0.193. The van der Waals surface area contributed by atoms with Crippen LogP contribution >= 0.6 is 27.7 Å². The van der Waals surface area contributed by atoms with E-state index in [1.54, 1.807) is 13.0 Å². The van der Waals surface area contributed by atoms with E-state index in [9.17, 15) is 9.18 Å². The van der Waals surface area contributed by atoms with Crippen LogP contribution in [-0.2, 0) is 4.79 Å². The van der Waals surface area contributed by atoms with E-state index in [1.807, 2.05) is 30.3 Å². The third-order valence-corrected chi connectivity index (χ3v) is 4.22. The fourth-order valence-corrected chi connectivity index (χ4v) is 2.80. The predicted octanol–water partition coefficient (Wildman–Crippen LogP) is 4.71. The Kier molecular flexibility index (Phi) is 5.20.